The van der Waals surface area contributed by atoms with E-state index in [-0.39, 0.29) is 12.2 Å². The van der Waals surface area contributed by atoms with Crippen LogP contribution in [0.2, 0.25) is 5.02 Å². The van der Waals surface area contributed by atoms with E-state index in [1.165, 1.54) is 0 Å². The first kappa shape index (κ1) is 19.5. The second-order valence-electron chi connectivity index (χ2n) is 5.73. The maximum Gasteiger partial charge on any atom is 0.336 e. The van der Waals surface area contributed by atoms with E-state index in [1.807, 2.05) is 0 Å². The minimum Gasteiger partial charge on any atom is -0.462 e. The van der Waals surface area contributed by atoms with Crippen LogP contribution >= 0.6 is 24.2 Å². The van der Waals surface area contributed by atoms with Crippen LogP contribution in [-0.2, 0) is 9.53 Å². The molecule has 0 saturated heterocycles. The predicted molar refractivity (Wildman–Crippen MR) is 100 cm³/mol. The molecule has 0 bridgehead atoms. The summed E-state index contributed by atoms with van der Waals surface area (Å²) in [6.45, 7) is 3.46. The van der Waals surface area contributed by atoms with E-state index < -0.39 is 22.9 Å². The minimum absolute atomic E-state index is 0.202. The molecule has 1 aromatic rings. The minimum atomic E-state index is -1.14. The number of carbonyl (C=O) groups excluding carboxylic acids is 1. The van der Waals surface area contributed by atoms with Crippen molar-refractivity contribution in [1.82, 2.24) is 0 Å². The number of aliphatic imine (C=N–C) groups is 1. The zero-order valence-electron chi connectivity index (χ0n) is 13.9. The highest BCUT2D eigenvalue weighted by molar-refractivity contribution is 7.80. The fourth-order valence-electron chi connectivity index (χ4n) is 2.92. The lowest BCUT2D eigenvalue weighted by Crippen LogP contribution is -2.40. The molecule has 0 N–H and O–H groups in total. The predicted octanol–water partition coefficient (Wildman–Crippen LogP) is 3.68. The van der Waals surface area contributed by atoms with E-state index in [4.69, 9.17) is 16.3 Å². The summed E-state index contributed by atoms with van der Waals surface area (Å²) < 4.78 is 5.27. The van der Waals surface area contributed by atoms with E-state index in [9.17, 15) is 14.9 Å². The van der Waals surface area contributed by atoms with E-state index in [0.29, 0.717) is 34.2 Å². The molecule has 8 heteroatoms. The molecule has 1 aliphatic rings. The summed E-state index contributed by atoms with van der Waals surface area (Å²) in [5, 5.41) is 12.1. The Morgan fingerprint density at radius 2 is 2.16 bits per heavy atom. The summed E-state index contributed by atoms with van der Waals surface area (Å²) in [6.07, 6.45) is 0.601. The van der Waals surface area contributed by atoms with Gasteiger partial charge in [0.05, 0.1) is 23.8 Å². The first-order valence-electron chi connectivity index (χ1n) is 7.79. The van der Waals surface area contributed by atoms with Gasteiger partial charge in [0.15, 0.2) is 0 Å². The third kappa shape index (κ3) is 4.41. The number of esters is 1. The summed E-state index contributed by atoms with van der Waals surface area (Å²) in [7, 11) is 0. The number of carbonyl (C=O) groups is 1. The van der Waals surface area contributed by atoms with Gasteiger partial charge in [0.2, 0.25) is 0 Å². The molecule has 0 saturated carbocycles. The molecule has 25 heavy (non-hydrogen) atoms. The molecule has 0 aromatic heterocycles. The maximum absolute atomic E-state index is 12.6. The molecule has 2 unspecified atom stereocenters. The van der Waals surface area contributed by atoms with Gasteiger partial charge in [0.1, 0.15) is 0 Å². The monoisotopic (exact) mass is 382 g/mol. The Morgan fingerprint density at radius 3 is 2.76 bits per heavy atom. The van der Waals surface area contributed by atoms with E-state index in [0.717, 1.165) is 0 Å². The van der Waals surface area contributed by atoms with Crippen LogP contribution in [0.25, 0.3) is 0 Å². The van der Waals surface area contributed by atoms with Crippen molar-refractivity contribution in [3.8, 4) is 0 Å². The molecule has 0 fully saturated rings. The number of hydrogen-bond acceptors (Lipinski definition) is 6. The van der Waals surface area contributed by atoms with Crippen molar-refractivity contribution < 1.29 is 14.5 Å². The van der Waals surface area contributed by atoms with Gasteiger partial charge in [-0.05, 0) is 43.7 Å². The molecule has 1 aliphatic heterocycles. The average molecular weight is 383 g/mol. The summed E-state index contributed by atoms with van der Waals surface area (Å²) in [4.78, 5) is 28.1. The van der Waals surface area contributed by atoms with Crippen molar-refractivity contribution in [3.05, 3.63) is 56.2 Å². The van der Waals surface area contributed by atoms with Gasteiger partial charge >= 0.3 is 5.97 Å². The van der Waals surface area contributed by atoms with Gasteiger partial charge in [-0.2, -0.15) is 12.6 Å². The number of rotatable bonds is 6. The summed E-state index contributed by atoms with van der Waals surface area (Å²) >= 11 is 10.1. The highest BCUT2D eigenvalue weighted by atomic mass is 35.5. The van der Waals surface area contributed by atoms with Crippen LogP contribution in [-0.4, -0.2) is 35.0 Å². The zero-order valence-corrected chi connectivity index (χ0v) is 15.6. The largest absolute Gasteiger partial charge is 0.462 e. The number of halogens is 1. The second-order valence-corrected chi connectivity index (χ2v) is 6.61. The number of thiol groups is 1. The highest BCUT2D eigenvalue weighted by Gasteiger charge is 2.44. The summed E-state index contributed by atoms with van der Waals surface area (Å²) in [5.74, 6) is -0.806. The fourth-order valence-corrected chi connectivity index (χ4v) is 3.25. The van der Waals surface area contributed by atoms with Crippen LogP contribution in [0.4, 0.5) is 0 Å². The lowest BCUT2D eigenvalue weighted by Gasteiger charge is -2.27. The number of nitrogens with zero attached hydrogens (tertiary/aromatic N) is 2. The Hall–Kier alpha value is -1.86. The first-order chi connectivity index (χ1) is 11.9. The number of allylic oxidation sites excluding steroid dienone is 1. The van der Waals surface area contributed by atoms with Gasteiger partial charge in [-0.1, -0.05) is 23.7 Å². The first-order valence-corrected chi connectivity index (χ1v) is 8.80. The van der Waals surface area contributed by atoms with E-state index in [1.54, 1.807) is 38.1 Å². The summed E-state index contributed by atoms with van der Waals surface area (Å²) in [6, 6.07) is 5.59. The highest BCUT2D eigenvalue weighted by Crippen LogP contribution is 2.37. The molecule has 0 radical (unpaired) electrons. The van der Waals surface area contributed by atoms with Crippen molar-refractivity contribution >= 4 is 35.9 Å². The fraction of sp³-hybridized carbons (Fsp3) is 0.412. The average Bonchev–Trinajstić information content (AvgIpc) is 2.53. The zero-order chi connectivity index (χ0) is 18.6. The molecule has 0 amide bonds. The Morgan fingerprint density at radius 1 is 1.44 bits per heavy atom. The molecule has 2 atom stereocenters. The molecular weight excluding hydrogens is 364 g/mol. The third-order valence-corrected chi connectivity index (χ3v) is 4.53. The van der Waals surface area contributed by atoms with Gasteiger partial charge < -0.3 is 4.74 Å². The summed E-state index contributed by atoms with van der Waals surface area (Å²) in [5.41, 5.74) is 1.56. The van der Waals surface area contributed by atoms with E-state index >= 15 is 0 Å². The van der Waals surface area contributed by atoms with Crippen LogP contribution in [0.15, 0.2) is 40.5 Å². The van der Waals surface area contributed by atoms with Crippen molar-refractivity contribution in [2.24, 2.45) is 4.99 Å². The van der Waals surface area contributed by atoms with Crippen LogP contribution in [0.5, 0.6) is 0 Å². The number of nitro groups is 1. The van der Waals surface area contributed by atoms with Gasteiger partial charge in [0, 0.05) is 15.6 Å². The van der Waals surface area contributed by atoms with Crippen molar-refractivity contribution in [2.75, 3.05) is 12.4 Å². The molecule has 0 aliphatic carbocycles. The smallest absolute Gasteiger partial charge is 0.336 e. The quantitative estimate of drug-likeness (QED) is 0.267. The number of ether oxygens (including phenoxy) is 1. The molecule has 0 spiro atoms. The van der Waals surface area contributed by atoms with E-state index in [2.05, 4.69) is 17.6 Å². The normalized spacial score (nSPS) is 20.2. The Labute approximate surface area is 156 Å². The van der Waals surface area contributed by atoms with Gasteiger partial charge in [-0.25, -0.2) is 4.79 Å². The SMILES string of the molecule is CC1=NC(C)=C(C(=O)OCCCS)C(c2cccc(Cl)c2)C1[N+](=O)[O-]. The van der Waals surface area contributed by atoms with Crippen molar-refractivity contribution in [2.45, 2.75) is 32.2 Å². The maximum atomic E-state index is 12.6. The number of benzene rings is 1. The Kier molecular flexibility index (Phi) is 6.61. The topological polar surface area (TPSA) is 81.8 Å². The van der Waals surface area contributed by atoms with Gasteiger partial charge in [0.25, 0.3) is 6.04 Å². The van der Waals surface area contributed by atoms with Crippen LogP contribution in [0, 0.1) is 10.1 Å². The van der Waals surface area contributed by atoms with Gasteiger partial charge in [-0.15, -0.1) is 0 Å². The lowest BCUT2D eigenvalue weighted by atomic mass is 9.80. The molecule has 1 aromatic carbocycles. The van der Waals surface area contributed by atoms with Crippen molar-refractivity contribution in [1.29, 1.82) is 0 Å². The Balaban J connectivity index is 2.51. The Bertz CT molecular complexity index is 748. The van der Waals surface area contributed by atoms with Gasteiger partial charge in [-0.3, -0.25) is 15.1 Å². The van der Waals surface area contributed by atoms with Crippen LogP contribution in [0.3, 0.4) is 0 Å². The molecule has 6 nitrogen and oxygen atoms in total. The standard InChI is InChI=1S/C17H19ClN2O4S/c1-10-14(17(21)24-7-4-8-25)15(12-5-3-6-13(18)9-12)16(20(22)23)11(2)19-10/h3,5-6,9,15-16,25H,4,7-8H2,1-2H3. The third-order valence-electron chi connectivity index (χ3n) is 3.98. The van der Waals surface area contributed by atoms with Crippen LogP contribution in [0.1, 0.15) is 31.7 Å². The second kappa shape index (κ2) is 8.49. The molecule has 2 rings (SSSR count). The van der Waals surface area contributed by atoms with Crippen molar-refractivity contribution in [3.63, 3.8) is 0 Å². The lowest BCUT2D eigenvalue weighted by molar-refractivity contribution is -0.505. The molecular formula is C17H19ClN2O4S. The molecule has 134 valence electrons. The molecule has 1 heterocycles. The van der Waals surface area contributed by atoms with Crippen LogP contribution < -0.4 is 0 Å². The number of hydrogen-bond donors (Lipinski definition) is 1.